The summed E-state index contributed by atoms with van der Waals surface area (Å²) in [6, 6.07) is 6.45. The monoisotopic (exact) mass is 281 g/mol. The van der Waals surface area contributed by atoms with Gasteiger partial charge in [-0.15, -0.1) is 0 Å². The molecule has 1 N–H and O–H groups in total. The van der Waals surface area contributed by atoms with Gasteiger partial charge in [-0.1, -0.05) is 19.3 Å². The van der Waals surface area contributed by atoms with E-state index in [4.69, 9.17) is 4.74 Å². The Morgan fingerprint density at radius 3 is 2.55 bits per heavy atom. The molecule has 112 valence electrons. The van der Waals surface area contributed by atoms with Crippen LogP contribution in [0.3, 0.4) is 0 Å². The van der Waals surface area contributed by atoms with Crippen LogP contribution in [0.2, 0.25) is 0 Å². The van der Waals surface area contributed by atoms with E-state index >= 15 is 0 Å². The first kappa shape index (κ1) is 15.3. The second-order valence-electron chi connectivity index (χ2n) is 5.65. The van der Waals surface area contributed by atoms with Crippen molar-refractivity contribution in [2.45, 2.75) is 44.2 Å². The van der Waals surface area contributed by atoms with Gasteiger partial charge >= 0.3 is 0 Å². The van der Waals surface area contributed by atoms with E-state index in [1.807, 2.05) is 0 Å². The van der Waals surface area contributed by atoms with Crippen molar-refractivity contribution in [2.75, 3.05) is 20.2 Å². The Labute approximate surface area is 120 Å². The molecule has 3 nitrogen and oxygen atoms in total. The predicted octanol–water partition coefficient (Wildman–Crippen LogP) is 2.83. The van der Waals surface area contributed by atoms with Crippen molar-refractivity contribution >= 4 is 0 Å². The number of benzene rings is 1. The van der Waals surface area contributed by atoms with Crippen molar-refractivity contribution in [3.63, 3.8) is 0 Å². The van der Waals surface area contributed by atoms with Gasteiger partial charge in [0.05, 0.1) is 0 Å². The summed E-state index contributed by atoms with van der Waals surface area (Å²) in [4.78, 5) is 2.23. The topological polar surface area (TPSA) is 32.7 Å². The molecule has 0 amide bonds. The Bertz CT molecular complexity index is 390. The Morgan fingerprint density at radius 2 is 1.90 bits per heavy atom. The molecular formula is C16H24FNO2. The van der Waals surface area contributed by atoms with E-state index in [1.165, 1.54) is 44.2 Å². The molecule has 1 saturated carbocycles. The van der Waals surface area contributed by atoms with Gasteiger partial charge < -0.3 is 14.7 Å². The molecule has 0 aliphatic heterocycles. The molecule has 1 aromatic rings. The van der Waals surface area contributed by atoms with E-state index in [0.29, 0.717) is 18.3 Å². The number of hydrogen-bond donors (Lipinski definition) is 1. The number of hydrogen-bond acceptors (Lipinski definition) is 3. The lowest BCUT2D eigenvalue weighted by Gasteiger charge is -2.32. The van der Waals surface area contributed by atoms with E-state index in [1.54, 1.807) is 12.1 Å². The maximum atomic E-state index is 12.8. The molecule has 1 aromatic carbocycles. The summed E-state index contributed by atoms with van der Waals surface area (Å²) in [5, 5.41) is 10.0. The Kier molecular flexibility index (Phi) is 5.80. The quantitative estimate of drug-likeness (QED) is 0.870. The standard InChI is InChI=1S/C16H24FNO2/c1-18(14-5-3-2-4-6-14)11-15(19)12-20-16-9-7-13(17)8-10-16/h7-10,14-15,19H,2-6,11-12H2,1H3/t15-/m1/s1. The molecule has 1 fully saturated rings. The van der Waals surface area contributed by atoms with Gasteiger partial charge in [0.1, 0.15) is 24.3 Å². The first-order valence-corrected chi connectivity index (χ1v) is 7.42. The van der Waals surface area contributed by atoms with Crippen molar-refractivity contribution in [1.82, 2.24) is 4.90 Å². The van der Waals surface area contributed by atoms with Crippen LogP contribution in [0.25, 0.3) is 0 Å². The molecule has 0 spiro atoms. The number of aliphatic hydroxyl groups is 1. The first-order chi connectivity index (χ1) is 9.65. The number of rotatable bonds is 6. The lowest BCUT2D eigenvalue weighted by molar-refractivity contribution is 0.0561. The normalized spacial score (nSPS) is 18.2. The van der Waals surface area contributed by atoms with Crippen LogP contribution >= 0.6 is 0 Å². The highest BCUT2D eigenvalue weighted by atomic mass is 19.1. The van der Waals surface area contributed by atoms with Crippen LogP contribution in [0.4, 0.5) is 4.39 Å². The maximum Gasteiger partial charge on any atom is 0.123 e. The van der Waals surface area contributed by atoms with Crippen LogP contribution in [-0.4, -0.2) is 42.4 Å². The highest BCUT2D eigenvalue weighted by Crippen LogP contribution is 2.21. The second-order valence-corrected chi connectivity index (χ2v) is 5.65. The molecule has 1 atom stereocenters. The summed E-state index contributed by atoms with van der Waals surface area (Å²) in [5.41, 5.74) is 0. The molecule has 0 saturated heterocycles. The smallest absolute Gasteiger partial charge is 0.123 e. The summed E-state index contributed by atoms with van der Waals surface area (Å²) in [6.07, 6.45) is 5.84. The summed E-state index contributed by atoms with van der Waals surface area (Å²) in [7, 11) is 2.07. The zero-order valence-corrected chi connectivity index (χ0v) is 12.1. The van der Waals surface area contributed by atoms with Gasteiger partial charge in [0.2, 0.25) is 0 Å². The van der Waals surface area contributed by atoms with Crippen LogP contribution < -0.4 is 4.74 Å². The van der Waals surface area contributed by atoms with E-state index in [0.717, 1.165) is 0 Å². The van der Waals surface area contributed by atoms with E-state index < -0.39 is 6.10 Å². The van der Waals surface area contributed by atoms with Crippen LogP contribution in [0, 0.1) is 5.82 Å². The van der Waals surface area contributed by atoms with Crippen LogP contribution in [0.1, 0.15) is 32.1 Å². The number of aliphatic hydroxyl groups excluding tert-OH is 1. The van der Waals surface area contributed by atoms with Gasteiger partial charge in [-0.3, -0.25) is 0 Å². The Hall–Kier alpha value is -1.13. The van der Waals surface area contributed by atoms with Gasteiger partial charge in [0.25, 0.3) is 0 Å². The molecule has 1 aliphatic carbocycles. The lowest BCUT2D eigenvalue weighted by atomic mass is 9.94. The SMILES string of the molecule is CN(C[C@@H](O)COc1ccc(F)cc1)C1CCCCC1. The predicted molar refractivity (Wildman–Crippen MR) is 77.4 cm³/mol. The third-order valence-corrected chi connectivity index (χ3v) is 3.95. The van der Waals surface area contributed by atoms with Gasteiger partial charge in [0, 0.05) is 12.6 Å². The average molecular weight is 281 g/mol. The van der Waals surface area contributed by atoms with E-state index in [-0.39, 0.29) is 12.4 Å². The Balaban J connectivity index is 1.71. The third kappa shape index (κ3) is 4.76. The van der Waals surface area contributed by atoms with Crippen molar-refractivity contribution in [3.05, 3.63) is 30.1 Å². The zero-order chi connectivity index (χ0) is 14.4. The molecule has 0 unspecified atom stereocenters. The summed E-state index contributed by atoms with van der Waals surface area (Å²) >= 11 is 0. The molecule has 2 rings (SSSR count). The summed E-state index contributed by atoms with van der Waals surface area (Å²) in [6.45, 7) is 0.856. The van der Waals surface area contributed by atoms with Crippen LogP contribution in [0.5, 0.6) is 5.75 Å². The molecule has 1 aliphatic rings. The first-order valence-electron chi connectivity index (χ1n) is 7.42. The van der Waals surface area contributed by atoms with Crippen molar-refractivity contribution in [2.24, 2.45) is 0 Å². The molecule has 0 radical (unpaired) electrons. The minimum absolute atomic E-state index is 0.239. The van der Waals surface area contributed by atoms with Crippen molar-refractivity contribution in [1.29, 1.82) is 0 Å². The fourth-order valence-corrected chi connectivity index (χ4v) is 2.78. The van der Waals surface area contributed by atoms with E-state index in [9.17, 15) is 9.50 Å². The molecule has 4 heteroatoms. The largest absolute Gasteiger partial charge is 0.491 e. The lowest BCUT2D eigenvalue weighted by Crippen LogP contribution is -2.40. The third-order valence-electron chi connectivity index (χ3n) is 3.95. The van der Waals surface area contributed by atoms with Crippen LogP contribution in [0.15, 0.2) is 24.3 Å². The highest BCUT2D eigenvalue weighted by Gasteiger charge is 2.20. The summed E-state index contributed by atoms with van der Waals surface area (Å²) in [5.74, 6) is 0.306. The zero-order valence-electron chi connectivity index (χ0n) is 12.1. The fraction of sp³-hybridized carbons (Fsp3) is 0.625. The minimum Gasteiger partial charge on any atom is -0.491 e. The second kappa shape index (κ2) is 7.60. The number of halogens is 1. The number of nitrogens with zero attached hydrogens (tertiary/aromatic N) is 1. The number of likely N-dealkylation sites (N-methyl/N-ethyl adjacent to an activating group) is 1. The van der Waals surface area contributed by atoms with Crippen molar-refractivity contribution < 1.29 is 14.2 Å². The number of ether oxygens (including phenoxy) is 1. The molecule has 0 bridgehead atoms. The molecular weight excluding hydrogens is 257 g/mol. The average Bonchev–Trinajstić information content (AvgIpc) is 2.47. The van der Waals surface area contributed by atoms with Gasteiger partial charge in [-0.25, -0.2) is 4.39 Å². The van der Waals surface area contributed by atoms with E-state index in [2.05, 4.69) is 11.9 Å². The van der Waals surface area contributed by atoms with Crippen LogP contribution in [-0.2, 0) is 0 Å². The maximum absolute atomic E-state index is 12.8. The Morgan fingerprint density at radius 1 is 1.25 bits per heavy atom. The molecule has 0 heterocycles. The fourth-order valence-electron chi connectivity index (χ4n) is 2.78. The van der Waals surface area contributed by atoms with Crippen molar-refractivity contribution in [3.8, 4) is 5.75 Å². The molecule has 20 heavy (non-hydrogen) atoms. The minimum atomic E-state index is -0.521. The molecule has 0 aromatic heterocycles. The van der Waals surface area contributed by atoms with Gasteiger partial charge in [-0.2, -0.15) is 0 Å². The van der Waals surface area contributed by atoms with Gasteiger partial charge in [0.15, 0.2) is 0 Å². The summed E-state index contributed by atoms with van der Waals surface area (Å²) < 4.78 is 18.2. The van der Waals surface area contributed by atoms with Gasteiger partial charge in [-0.05, 0) is 44.2 Å². The highest BCUT2D eigenvalue weighted by molar-refractivity contribution is 5.22.